The Morgan fingerprint density at radius 2 is 2.06 bits per heavy atom. The Morgan fingerprint density at radius 3 is 2.82 bits per heavy atom. The number of ether oxygens (including phenoxy) is 1. The third-order valence-electron chi connectivity index (χ3n) is 2.89. The van der Waals surface area contributed by atoms with Crippen LogP contribution in [0.3, 0.4) is 0 Å². The van der Waals surface area contributed by atoms with Crippen LogP contribution in [-0.2, 0) is 24.1 Å². The van der Waals surface area contributed by atoms with Gasteiger partial charge in [-0.15, -0.1) is 5.10 Å². The number of benzene rings is 1. The van der Waals surface area contributed by atoms with Crippen molar-refractivity contribution in [3.63, 3.8) is 0 Å². The lowest BCUT2D eigenvalue weighted by molar-refractivity contribution is 0.371. The van der Waals surface area contributed by atoms with Crippen LogP contribution in [-0.4, -0.2) is 27.7 Å². The molecule has 88 valence electrons. The number of rotatable bonds is 5. The summed E-state index contributed by atoms with van der Waals surface area (Å²) in [5.74, 6) is 0. The van der Waals surface area contributed by atoms with E-state index < -0.39 is 0 Å². The van der Waals surface area contributed by atoms with Gasteiger partial charge in [0.25, 0.3) is 0 Å². The van der Waals surface area contributed by atoms with Gasteiger partial charge in [-0.2, -0.15) is 0 Å². The number of aromatic nitrogens is 3. The monoisotopic (exact) mass is 229 g/mol. The van der Waals surface area contributed by atoms with Gasteiger partial charge < -0.3 is 4.74 Å². The fraction of sp³-hybridized carbons (Fsp3) is 0.385. The Labute approximate surface area is 100 Å². The van der Waals surface area contributed by atoms with Crippen molar-refractivity contribution in [3.05, 3.63) is 47.8 Å². The van der Waals surface area contributed by atoms with Crippen LogP contribution >= 0.6 is 0 Å². The predicted molar refractivity (Wildman–Crippen MR) is 63.6 cm³/mol. The number of epoxide rings is 1. The minimum absolute atomic E-state index is 0.360. The van der Waals surface area contributed by atoms with Crippen molar-refractivity contribution in [1.29, 1.82) is 0 Å². The minimum Gasteiger partial charge on any atom is -0.371 e. The van der Waals surface area contributed by atoms with E-state index in [1.807, 2.05) is 16.9 Å². The molecule has 2 heterocycles. The molecule has 4 heteroatoms. The van der Waals surface area contributed by atoms with Gasteiger partial charge in [0.1, 0.15) is 6.10 Å². The molecule has 0 saturated carbocycles. The SMILES string of the molecule is c1ccc(CCc2cn(CC3CO3)nn2)cc1. The molecule has 1 aromatic carbocycles. The zero-order chi connectivity index (χ0) is 11.5. The molecule has 1 aliphatic heterocycles. The maximum Gasteiger partial charge on any atom is 0.101 e. The number of nitrogens with zero attached hydrogens (tertiary/aromatic N) is 3. The summed E-state index contributed by atoms with van der Waals surface area (Å²) in [6.07, 6.45) is 4.33. The average molecular weight is 229 g/mol. The summed E-state index contributed by atoms with van der Waals surface area (Å²) in [5, 5.41) is 8.26. The second-order valence-electron chi connectivity index (χ2n) is 4.37. The second-order valence-corrected chi connectivity index (χ2v) is 4.37. The van der Waals surface area contributed by atoms with Crippen LogP contribution in [0.25, 0.3) is 0 Å². The summed E-state index contributed by atoms with van der Waals surface area (Å²) in [5.41, 5.74) is 2.39. The summed E-state index contributed by atoms with van der Waals surface area (Å²) in [6.45, 7) is 1.69. The van der Waals surface area contributed by atoms with Crippen LogP contribution in [0, 0.1) is 0 Å². The van der Waals surface area contributed by atoms with Crippen molar-refractivity contribution in [3.8, 4) is 0 Å². The summed E-state index contributed by atoms with van der Waals surface area (Å²) < 4.78 is 7.04. The molecule has 0 N–H and O–H groups in total. The van der Waals surface area contributed by atoms with E-state index in [9.17, 15) is 0 Å². The molecular formula is C13H15N3O. The topological polar surface area (TPSA) is 43.2 Å². The lowest BCUT2D eigenvalue weighted by Crippen LogP contribution is -2.04. The van der Waals surface area contributed by atoms with Crippen molar-refractivity contribution >= 4 is 0 Å². The van der Waals surface area contributed by atoms with Gasteiger partial charge >= 0.3 is 0 Å². The normalized spacial score (nSPS) is 18.2. The van der Waals surface area contributed by atoms with Gasteiger partial charge in [0.15, 0.2) is 0 Å². The molecule has 1 atom stereocenters. The first-order valence-corrected chi connectivity index (χ1v) is 5.95. The second kappa shape index (κ2) is 4.67. The van der Waals surface area contributed by atoms with Gasteiger partial charge in [0, 0.05) is 6.20 Å². The Kier molecular flexibility index (Phi) is 2.88. The summed E-state index contributed by atoms with van der Waals surface area (Å²) >= 11 is 0. The van der Waals surface area contributed by atoms with Crippen LogP contribution in [0.2, 0.25) is 0 Å². The van der Waals surface area contributed by atoms with Crippen LogP contribution < -0.4 is 0 Å². The minimum atomic E-state index is 0.360. The number of hydrogen-bond acceptors (Lipinski definition) is 3. The van der Waals surface area contributed by atoms with E-state index in [0.29, 0.717) is 6.10 Å². The molecule has 0 radical (unpaired) electrons. The van der Waals surface area contributed by atoms with E-state index in [4.69, 9.17) is 4.74 Å². The first-order chi connectivity index (χ1) is 8.40. The van der Waals surface area contributed by atoms with Crippen LogP contribution in [0.5, 0.6) is 0 Å². The quantitative estimate of drug-likeness (QED) is 0.729. The smallest absolute Gasteiger partial charge is 0.101 e. The molecule has 0 amide bonds. The van der Waals surface area contributed by atoms with Crippen LogP contribution in [0.4, 0.5) is 0 Å². The highest BCUT2D eigenvalue weighted by Crippen LogP contribution is 2.11. The molecule has 1 saturated heterocycles. The molecule has 1 aliphatic rings. The molecule has 2 aromatic rings. The Hall–Kier alpha value is -1.68. The first kappa shape index (κ1) is 10.5. The van der Waals surface area contributed by atoms with E-state index in [1.54, 1.807) is 0 Å². The average Bonchev–Trinajstić information content (AvgIpc) is 3.06. The maximum atomic E-state index is 5.16. The van der Waals surface area contributed by atoms with E-state index in [1.165, 1.54) is 5.56 Å². The van der Waals surface area contributed by atoms with Gasteiger partial charge in [0.2, 0.25) is 0 Å². The highest BCUT2D eigenvalue weighted by atomic mass is 16.6. The molecule has 1 fully saturated rings. The lowest BCUT2D eigenvalue weighted by atomic mass is 10.1. The summed E-state index contributed by atoms with van der Waals surface area (Å²) in [7, 11) is 0. The van der Waals surface area contributed by atoms with E-state index in [2.05, 4.69) is 34.6 Å². The van der Waals surface area contributed by atoms with Crippen molar-refractivity contribution in [2.45, 2.75) is 25.5 Å². The Morgan fingerprint density at radius 1 is 1.24 bits per heavy atom. The van der Waals surface area contributed by atoms with E-state index in [-0.39, 0.29) is 0 Å². The van der Waals surface area contributed by atoms with Gasteiger partial charge in [-0.25, -0.2) is 4.68 Å². The fourth-order valence-corrected chi connectivity index (χ4v) is 1.84. The molecule has 1 unspecified atom stereocenters. The summed E-state index contributed by atoms with van der Waals surface area (Å²) in [6, 6.07) is 10.5. The maximum absolute atomic E-state index is 5.16. The van der Waals surface area contributed by atoms with Crippen LogP contribution in [0.1, 0.15) is 11.3 Å². The molecule has 0 spiro atoms. The molecule has 4 nitrogen and oxygen atoms in total. The molecule has 17 heavy (non-hydrogen) atoms. The van der Waals surface area contributed by atoms with Crippen molar-refractivity contribution in [2.75, 3.05) is 6.61 Å². The zero-order valence-electron chi connectivity index (χ0n) is 9.62. The third-order valence-corrected chi connectivity index (χ3v) is 2.89. The fourth-order valence-electron chi connectivity index (χ4n) is 1.84. The Balaban J connectivity index is 1.55. The first-order valence-electron chi connectivity index (χ1n) is 5.95. The highest BCUT2D eigenvalue weighted by molar-refractivity contribution is 5.15. The van der Waals surface area contributed by atoms with Crippen molar-refractivity contribution in [2.24, 2.45) is 0 Å². The number of hydrogen-bond donors (Lipinski definition) is 0. The lowest BCUT2D eigenvalue weighted by Gasteiger charge is -1.97. The third kappa shape index (κ3) is 2.91. The van der Waals surface area contributed by atoms with Gasteiger partial charge in [0.05, 0.1) is 18.8 Å². The van der Waals surface area contributed by atoms with Crippen LogP contribution in [0.15, 0.2) is 36.5 Å². The van der Waals surface area contributed by atoms with Crippen molar-refractivity contribution in [1.82, 2.24) is 15.0 Å². The molecule has 0 bridgehead atoms. The standard InChI is InChI=1S/C13H15N3O/c1-2-4-11(5-3-1)6-7-12-8-16(15-14-12)9-13-10-17-13/h1-5,8,13H,6-7,9-10H2. The predicted octanol–water partition coefficient (Wildman–Crippen LogP) is 1.46. The molecular weight excluding hydrogens is 214 g/mol. The largest absolute Gasteiger partial charge is 0.371 e. The number of aryl methyl sites for hydroxylation is 2. The Bertz CT molecular complexity index is 476. The molecule has 1 aromatic heterocycles. The van der Waals surface area contributed by atoms with Gasteiger partial charge in [-0.3, -0.25) is 0 Å². The van der Waals surface area contributed by atoms with Gasteiger partial charge in [-0.05, 0) is 18.4 Å². The molecule has 3 rings (SSSR count). The summed E-state index contributed by atoms with van der Waals surface area (Å²) in [4.78, 5) is 0. The zero-order valence-corrected chi connectivity index (χ0v) is 9.62. The van der Waals surface area contributed by atoms with Crippen molar-refractivity contribution < 1.29 is 4.74 Å². The van der Waals surface area contributed by atoms with E-state index in [0.717, 1.165) is 31.7 Å². The highest BCUT2D eigenvalue weighted by Gasteiger charge is 2.23. The molecule has 0 aliphatic carbocycles. The van der Waals surface area contributed by atoms with E-state index >= 15 is 0 Å². The van der Waals surface area contributed by atoms with Gasteiger partial charge in [-0.1, -0.05) is 35.5 Å².